The second kappa shape index (κ2) is 6.20. The molecule has 0 fully saturated rings. The van der Waals surface area contributed by atoms with Gasteiger partial charge in [0.25, 0.3) is 0 Å². The minimum absolute atomic E-state index is 0.126. The van der Waals surface area contributed by atoms with Crippen LogP contribution in [0.4, 0.5) is 0 Å². The Hall–Kier alpha value is -1.65. The topological polar surface area (TPSA) is 55.1 Å². The molecule has 3 N–H and O–H groups in total. The van der Waals surface area contributed by atoms with Crippen LogP contribution >= 0.6 is 11.3 Å². The van der Waals surface area contributed by atoms with Crippen LogP contribution in [0.2, 0.25) is 0 Å². The Labute approximate surface area is 123 Å². The zero-order valence-electron chi connectivity index (χ0n) is 11.8. The van der Waals surface area contributed by atoms with E-state index in [2.05, 4.69) is 36.7 Å². The first-order valence-corrected chi connectivity index (χ1v) is 7.50. The van der Waals surface area contributed by atoms with E-state index in [0.29, 0.717) is 5.56 Å². The number of primary amides is 1. The molecule has 0 saturated carbocycles. The maximum atomic E-state index is 11.0. The lowest BCUT2D eigenvalue weighted by Gasteiger charge is -2.23. The molecule has 3 nitrogen and oxygen atoms in total. The number of amides is 1. The molecule has 0 spiro atoms. The number of thiophene rings is 1. The van der Waals surface area contributed by atoms with Crippen LogP contribution in [-0.4, -0.2) is 12.5 Å². The van der Waals surface area contributed by atoms with Crippen molar-refractivity contribution in [3.63, 3.8) is 0 Å². The highest BCUT2D eigenvalue weighted by atomic mass is 32.1. The summed E-state index contributed by atoms with van der Waals surface area (Å²) in [7, 11) is 0. The normalized spacial score (nSPS) is 11.5. The molecule has 2 rings (SSSR count). The number of carbonyl (C=O) groups is 1. The van der Waals surface area contributed by atoms with E-state index in [-0.39, 0.29) is 11.3 Å². The van der Waals surface area contributed by atoms with E-state index in [9.17, 15) is 4.79 Å². The van der Waals surface area contributed by atoms with E-state index in [1.807, 2.05) is 12.1 Å². The fraction of sp³-hybridized carbons (Fsp3) is 0.312. The van der Waals surface area contributed by atoms with Gasteiger partial charge in [0.2, 0.25) is 5.91 Å². The first-order chi connectivity index (χ1) is 9.49. The molecule has 106 valence electrons. The summed E-state index contributed by atoms with van der Waals surface area (Å²) in [4.78, 5) is 12.4. The van der Waals surface area contributed by atoms with Gasteiger partial charge in [-0.1, -0.05) is 32.0 Å². The summed E-state index contributed by atoms with van der Waals surface area (Å²) in [5, 5.41) is 5.58. The summed E-state index contributed by atoms with van der Waals surface area (Å²) in [5.74, 6) is -0.386. The zero-order chi connectivity index (χ0) is 14.6. The van der Waals surface area contributed by atoms with E-state index in [1.165, 1.54) is 4.88 Å². The van der Waals surface area contributed by atoms with Crippen LogP contribution in [-0.2, 0) is 12.0 Å². The quantitative estimate of drug-likeness (QED) is 0.858. The Morgan fingerprint density at radius 2 is 1.95 bits per heavy atom. The van der Waals surface area contributed by atoms with E-state index in [0.717, 1.165) is 18.7 Å². The molecule has 0 aliphatic rings. The number of carbonyl (C=O) groups excluding carboxylic acids is 1. The Morgan fingerprint density at radius 1 is 1.25 bits per heavy atom. The van der Waals surface area contributed by atoms with Crippen LogP contribution < -0.4 is 11.1 Å². The second-order valence-electron chi connectivity index (χ2n) is 5.53. The van der Waals surface area contributed by atoms with Gasteiger partial charge in [-0.2, -0.15) is 0 Å². The summed E-state index contributed by atoms with van der Waals surface area (Å²) in [6.07, 6.45) is 0. The Morgan fingerprint density at radius 3 is 2.50 bits per heavy atom. The van der Waals surface area contributed by atoms with E-state index < -0.39 is 0 Å². The van der Waals surface area contributed by atoms with Crippen LogP contribution in [0.3, 0.4) is 0 Å². The van der Waals surface area contributed by atoms with Gasteiger partial charge in [0.05, 0.1) is 0 Å². The lowest BCUT2D eigenvalue weighted by molar-refractivity contribution is 0.100. The van der Waals surface area contributed by atoms with E-state index in [1.54, 1.807) is 23.5 Å². The highest BCUT2D eigenvalue weighted by Crippen LogP contribution is 2.26. The largest absolute Gasteiger partial charge is 0.366 e. The van der Waals surface area contributed by atoms with Gasteiger partial charge in [0, 0.05) is 28.9 Å². The highest BCUT2D eigenvalue weighted by molar-refractivity contribution is 7.10. The molecule has 0 unspecified atom stereocenters. The molecule has 0 saturated heterocycles. The smallest absolute Gasteiger partial charge is 0.248 e. The molecule has 1 aromatic carbocycles. The maximum absolute atomic E-state index is 11.0. The number of hydrogen-bond donors (Lipinski definition) is 2. The summed E-state index contributed by atoms with van der Waals surface area (Å²) in [6, 6.07) is 11.7. The van der Waals surface area contributed by atoms with Crippen molar-refractivity contribution in [2.75, 3.05) is 6.54 Å². The number of hydrogen-bond acceptors (Lipinski definition) is 3. The first kappa shape index (κ1) is 14.8. The third-order valence-corrected chi connectivity index (χ3v) is 4.56. The number of benzene rings is 1. The molecule has 0 radical (unpaired) electrons. The minimum atomic E-state index is -0.386. The third-order valence-electron chi connectivity index (χ3n) is 3.32. The van der Waals surface area contributed by atoms with E-state index in [4.69, 9.17) is 5.73 Å². The van der Waals surface area contributed by atoms with Crippen molar-refractivity contribution >= 4 is 17.2 Å². The van der Waals surface area contributed by atoms with Crippen molar-refractivity contribution < 1.29 is 4.79 Å². The Balaban J connectivity index is 1.88. The SMILES string of the molecule is CC(C)(CNCc1ccc(C(N)=O)cc1)c1cccs1. The van der Waals surface area contributed by atoms with Gasteiger partial charge in [-0.15, -0.1) is 11.3 Å². The number of nitrogens with two attached hydrogens (primary N) is 1. The van der Waals surface area contributed by atoms with Gasteiger partial charge in [-0.05, 0) is 29.1 Å². The number of nitrogens with one attached hydrogen (secondary N) is 1. The molecule has 1 heterocycles. The van der Waals surface area contributed by atoms with Gasteiger partial charge in [0.15, 0.2) is 0 Å². The predicted octanol–water partition coefficient (Wildman–Crippen LogP) is 2.91. The minimum Gasteiger partial charge on any atom is -0.366 e. The van der Waals surface area contributed by atoms with Crippen molar-refractivity contribution in [3.8, 4) is 0 Å². The molecular formula is C16H20N2OS. The lowest BCUT2D eigenvalue weighted by Crippen LogP contribution is -2.31. The monoisotopic (exact) mass is 288 g/mol. The average Bonchev–Trinajstić information content (AvgIpc) is 2.94. The second-order valence-corrected chi connectivity index (χ2v) is 6.47. The highest BCUT2D eigenvalue weighted by Gasteiger charge is 2.20. The lowest BCUT2D eigenvalue weighted by atomic mass is 9.91. The van der Waals surface area contributed by atoms with Crippen molar-refractivity contribution in [1.29, 1.82) is 0 Å². The molecule has 0 atom stereocenters. The van der Waals surface area contributed by atoms with Gasteiger partial charge in [-0.25, -0.2) is 0 Å². The maximum Gasteiger partial charge on any atom is 0.248 e. The van der Waals surface area contributed by atoms with Gasteiger partial charge in [-0.3, -0.25) is 4.79 Å². The molecule has 0 bridgehead atoms. The Kier molecular flexibility index (Phi) is 4.57. The molecule has 20 heavy (non-hydrogen) atoms. The van der Waals surface area contributed by atoms with Gasteiger partial charge < -0.3 is 11.1 Å². The molecular weight excluding hydrogens is 268 g/mol. The predicted molar refractivity (Wildman–Crippen MR) is 84.0 cm³/mol. The summed E-state index contributed by atoms with van der Waals surface area (Å²) < 4.78 is 0. The van der Waals surface area contributed by atoms with Crippen LogP contribution in [0.25, 0.3) is 0 Å². The molecule has 2 aromatic rings. The fourth-order valence-corrected chi connectivity index (χ4v) is 2.91. The first-order valence-electron chi connectivity index (χ1n) is 6.62. The van der Waals surface area contributed by atoms with Crippen molar-refractivity contribution in [1.82, 2.24) is 5.32 Å². The van der Waals surface area contributed by atoms with Crippen molar-refractivity contribution in [2.24, 2.45) is 5.73 Å². The molecule has 0 aliphatic heterocycles. The van der Waals surface area contributed by atoms with Crippen LogP contribution in [0, 0.1) is 0 Å². The fourth-order valence-electron chi connectivity index (χ4n) is 2.06. The van der Waals surface area contributed by atoms with Gasteiger partial charge in [0.1, 0.15) is 0 Å². The van der Waals surface area contributed by atoms with E-state index >= 15 is 0 Å². The van der Waals surface area contributed by atoms with Gasteiger partial charge >= 0.3 is 0 Å². The Bertz CT molecular complexity index is 559. The van der Waals surface area contributed by atoms with Crippen LogP contribution in [0.15, 0.2) is 41.8 Å². The summed E-state index contributed by atoms with van der Waals surface area (Å²) in [5.41, 5.74) is 7.05. The summed E-state index contributed by atoms with van der Waals surface area (Å²) in [6.45, 7) is 6.17. The van der Waals surface area contributed by atoms with Crippen LogP contribution in [0.1, 0.15) is 34.6 Å². The van der Waals surface area contributed by atoms with Crippen LogP contribution in [0.5, 0.6) is 0 Å². The molecule has 0 aliphatic carbocycles. The average molecular weight is 288 g/mol. The standard InChI is InChI=1S/C16H20N2OS/c1-16(2,14-4-3-9-20-14)11-18-10-12-5-7-13(8-6-12)15(17)19/h3-9,18H,10-11H2,1-2H3,(H2,17,19). The summed E-state index contributed by atoms with van der Waals surface area (Å²) >= 11 is 1.79. The third kappa shape index (κ3) is 3.68. The number of rotatable bonds is 6. The zero-order valence-corrected chi connectivity index (χ0v) is 12.7. The van der Waals surface area contributed by atoms with Crippen molar-refractivity contribution in [2.45, 2.75) is 25.8 Å². The molecule has 4 heteroatoms. The molecule has 1 amide bonds. The molecule has 1 aromatic heterocycles. The van der Waals surface area contributed by atoms with Crippen molar-refractivity contribution in [3.05, 3.63) is 57.8 Å².